The fraction of sp³-hybridized carbons (Fsp3) is 0.458. The first kappa shape index (κ1) is 24.7. The van der Waals surface area contributed by atoms with E-state index in [1.54, 1.807) is 28.0 Å². The van der Waals surface area contributed by atoms with Crippen LogP contribution in [0.3, 0.4) is 0 Å². The molecule has 1 fully saturated rings. The number of ether oxygens (including phenoxy) is 1. The molecule has 3 aromatic rings. The van der Waals surface area contributed by atoms with Crippen molar-refractivity contribution in [2.24, 2.45) is 12.1 Å². The van der Waals surface area contributed by atoms with Crippen molar-refractivity contribution in [2.75, 3.05) is 42.6 Å². The summed E-state index contributed by atoms with van der Waals surface area (Å²) in [5, 5.41) is 19.1. The Kier molecular flexibility index (Phi) is 6.80. The van der Waals surface area contributed by atoms with Crippen LogP contribution in [-0.2, 0) is 16.6 Å². The maximum absolute atomic E-state index is 12.7. The maximum Gasteiger partial charge on any atom is 0.238 e. The Morgan fingerprint density at radius 1 is 1.22 bits per heavy atom. The molecule has 13 nitrogen and oxygen atoms in total. The lowest BCUT2D eigenvalue weighted by Gasteiger charge is -2.34. The van der Waals surface area contributed by atoms with E-state index >= 15 is 0 Å². The predicted molar refractivity (Wildman–Crippen MR) is 142 cm³/mol. The van der Waals surface area contributed by atoms with E-state index in [1.807, 2.05) is 47.1 Å². The van der Waals surface area contributed by atoms with Crippen molar-refractivity contribution in [3.8, 4) is 0 Å². The summed E-state index contributed by atoms with van der Waals surface area (Å²) < 4.78 is 9.19. The van der Waals surface area contributed by atoms with E-state index in [2.05, 4.69) is 46.0 Å². The Balaban J connectivity index is 1.29. The van der Waals surface area contributed by atoms with Gasteiger partial charge in [-0.05, 0) is 31.9 Å². The maximum atomic E-state index is 12.7. The molecule has 1 amide bonds. The lowest BCUT2D eigenvalue weighted by Crippen LogP contribution is -2.48. The van der Waals surface area contributed by atoms with E-state index in [4.69, 9.17) is 4.74 Å². The summed E-state index contributed by atoms with van der Waals surface area (Å²) in [6.45, 7) is 7.69. The van der Waals surface area contributed by atoms with Gasteiger partial charge in [0.15, 0.2) is 24.6 Å². The van der Waals surface area contributed by atoms with Crippen molar-refractivity contribution in [1.29, 1.82) is 0 Å². The highest BCUT2D eigenvalue weighted by atomic mass is 16.5. The smallest absolute Gasteiger partial charge is 0.238 e. The second kappa shape index (κ2) is 10.2. The van der Waals surface area contributed by atoms with Crippen LogP contribution in [0.1, 0.15) is 19.5 Å². The molecule has 5 heterocycles. The number of hydrogen-bond donors (Lipinski definition) is 3. The second-order valence-corrected chi connectivity index (χ2v) is 9.54. The largest absolute Gasteiger partial charge is 0.373 e. The number of carbonyl (C=O) groups excluding carboxylic acids is 1. The number of nitrogens with zero attached hydrogens (tertiary/aromatic N) is 8. The number of amides is 1. The minimum atomic E-state index is -0.0923. The van der Waals surface area contributed by atoms with E-state index in [9.17, 15) is 4.79 Å². The fourth-order valence-corrected chi connectivity index (χ4v) is 4.58. The normalized spacial score (nSPS) is 21.8. The van der Waals surface area contributed by atoms with Gasteiger partial charge < -0.3 is 20.7 Å². The standard InChI is InChI=1S/C24H31N11O2/c1-14-10-35(11-15(2)37-14)13-21(36)28-17-6-20(16(3)25-7-17)30-22-19-9-26-24(31-23(19)34(5)32-22)29-18-8-27-33(4)12-18/h6-9,12,14-15,18H,10-11,13H2,1-5H3,(H2-,26,28,29,30,31,32,36)/p+1/t14-,15-,18?/m0/s1. The minimum absolute atomic E-state index is 0.0741. The number of morpholine rings is 1. The summed E-state index contributed by atoms with van der Waals surface area (Å²) >= 11 is 0. The molecule has 5 rings (SSSR count). The molecule has 0 radical (unpaired) electrons. The predicted octanol–water partition coefficient (Wildman–Crippen LogP) is 1.35. The van der Waals surface area contributed by atoms with Crippen LogP contribution in [0.4, 0.5) is 23.1 Å². The van der Waals surface area contributed by atoms with Gasteiger partial charge in [0.05, 0.1) is 47.4 Å². The van der Waals surface area contributed by atoms with Gasteiger partial charge in [0, 0.05) is 26.3 Å². The van der Waals surface area contributed by atoms with Crippen LogP contribution in [-0.4, -0.2) is 97.6 Å². The summed E-state index contributed by atoms with van der Waals surface area (Å²) in [4.78, 5) is 28.3. The Morgan fingerprint density at radius 3 is 2.73 bits per heavy atom. The van der Waals surface area contributed by atoms with E-state index in [1.165, 1.54) is 0 Å². The van der Waals surface area contributed by atoms with Crippen LogP contribution >= 0.6 is 0 Å². The number of aromatic nitrogens is 5. The number of hydrogen-bond acceptors (Lipinski definition) is 10. The monoisotopic (exact) mass is 506 g/mol. The first-order chi connectivity index (χ1) is 17.7. The van der Waals surface area contributed by atoms with E-state index < -0.39 is 0 Å². The molecule has 3 N–H and O–H groups in total. The van der Waals surface area contributed by atoms with Gasteiger partial charge in [0.1, 0.15) is 6.21 Å². The zero-order valence-electron chi connectivity index (χ0n) is 21.6. The highest BCUT2D eigenvalue weighted by molar-refractivity contribution is 5.94. The number of carbonyl (C=O) groups is 1. The molecule has 2 aliphatic heterocycles. The summed E-state index contributed by atoms with van der Waals surface area (Å²) in [5.74, 6) is 0.990. The third-order valence-electron chi connectivity index (χ3n) is 6.15. The Morgan fingerprint density at radius 2 is 2.00 bits per heavy atom. The summed E-state index contributed by atoms with van der Waals surface area (Å²) in [7, 11) is 3.69. The van der Waals surface area contributed by atoms with Gasteiger partial charge in [-0.2, -0.15) is 10.1 Å². The Labute approximate surface area is 214 Å². The number of pyridine rings is 1. The van der Waals surface area contributed by atoms with Gasteiger partial charge in [-0.25, -0.2) is 9.67 Å². The average Bonchev–Trinajstić information content (AvgIpc) is 3.37. The van der Waals surface area contributed by atoms with Crippen LogP contribution in [0.5, 0.6) is 0 Å². The van der Waals surface area contributed by atoms with Gasteiger partial charge in [-0.1, -0.05) is 4.68 Å². The SMILES string of the molecule is Cc1ncc(NC(=O)CN2C[C@H](C)O[C@@H](C)C2)cc1Nc1nn(C)c2nc(NC3C=N[N+](C)=C3)ncc12. The molecular formula is C24H32N11O2+. The highest BCUT2D eigenvalue weighted by Gasteiger charge is 2.24. The van der Waals surface area contributed by atoms with Crippen molar-refractivity contribution < 1.29 is 14.2 Å². The van der Waals surface area contributed by atoms with Crippen LogP contribution in [0.2, 0.25) is 0 Å². The molecule has 0 saturated carbocycles. The van der Waals surface area contributed by atoms with Crippen molar-refractivity contribution in [3.05, 3.63) is 24.2 Å². The number of aryl methyl sites for hydroxylation is 2. The molecular weight excluding hydrogens is 474 g/mol. The van der Waals surface area contributed by atoms with Crippen molar-refractivity contribution in [2.45, 2.75) is 39.0 Å². The first-order valence-electron chi connectivity index (χ1n) is 12.2. The van der Waals surface area contributed by atoms with E-state index in [-0.39, 0.29) is 24.2 Å². The molecule has 0 aromatic carbocycles. The second-order valence-electron chi connectivity index (χ2n) is 9.54. The summed E-state index contributed by atoms with van der Waals surface area (Å²) in [6.07, 6.45) is 7.30. The molecule has 0 spiro atoms. The third-order valence-corrected chi connectivity index (χ3v) is 6.15. The van der Waals surface area contributed by atoms with Crippen LogP contribution in [0, 0.1) is 6.92 Å². The lowest BCUT2D eigenvalue weighted by atomic mass is 10.2. The van der Waals surface area contributed by atoms with Gasteiger partial charge in [0.25, 0.3) is 0 Å². The number of fused-ring (bicyclic) bond motifs is 1. The summed E-state index contributed by atoms with van der Waals surface area (Å²) in [5.41, 5.74) is 2.78. The van der Waals surface area contributed by atoms with Gasteiger partial charge in [0.2, 0.25) is 18.1 Å². The van der Waals surface area contributed by atoms with Crippen molar-refractivity contribution >= 4 is 52.5 Å². The van der Waals surface area contributed by atoms with Gasteiger partial charge >= 0.3 is 0 Å². The molecule has 1 saturated heterocycles. The number of rotatable bonds is 7. The van der Waals surface area contributed by atoms with Crippen LogP contribution < -0.4 is 16.0 Å². The number of nitrogens with one attached hydrogen (secondary N) is 3. The lowest BCUT2D eigenvalue weighted by molar-refractivity contribution is -0.494. The molecule has 0 aliphatic carbocycles. The van der Waals surface area contributed by atoms with Crippen LogP contribution in [0.25, 0.3) is 11.0 Å². The van der Waals surface area contributed by atoms with Crippen LogP contribution in [0.15, 0.2) is 23.6 Å². The molecule has 13 heteroatoms. The topological polar surface area (TPSA) is 137 Å². The highest BCUT2D eigenvalue weighted by Crippen LogP contribution is 2.27. The van der Waals surface area contributed by atoms with E-state index in [0.29, 0.717) is 29.6 Å². The zero-order valence-corrected chi connectivity index (χ0v) is 21.6. The fourth-order valence-electron chi connectivity index (χ4n) is 4.58. The van der Waals surface area contributed by atoms with Gasteiger partial charge in [-0.15, -0.1) is 0 Å². The molecule has 0 bridgehead atoms. The van der Waals surface area contributed by atoms with Crippen molar-refractivity contribution in [1.82, 2.24) is 29.6 Å². The number of hydrazone groups is 1. The quantitative estimate of drug-likeness (QED) is 0.406. The average molecular weight is 507 g/mol. The first-order valence-corrected chi connectivity index (χ1v) is 12.2. The molecule has 1 unspecified atom stereocenters. The number of anilines is 4. The van der Waals surface area contributed by atoms with E-state index in [0.717, 1.165) is 29.9 Å². The minimum Gasteiger partial charge on any atom is -0.373 e. The Bertz CT molecular complexity index is 1370. The summed E-state index contributed by atoms with van der Waals surface area (Å²) in [6, 6.07) is 1.78. The third kappa shape index (κ3) is 5.73. The molecule has 2 aliphatic rings. The van der Waals surface area contributed by atoms with Gasteiger partial charge in [-0.3, -0.25) is 14.7 Å². The molecule has 37 heavy (non-hydrogen) atoms. The molecule has 194 valence electrons. The molecule has 3 aromatic heterocycles. The Hall–Kier alpha value is -3.97. The molecule has 3 atom stereocenters. The van der Waals surface area contributed by atoms with Crippen molar-refractivity contribution in [3.63, 3.8) is 0 Å². The zero-order chi connectivity index (χ0) is 26.1.